The Kier molecular flexibility index (Phi) is 3.86. The van der Waals surface area contributed by atoms with E-state index < -0.39 is 0 Å². The fraction of sp³-hybridized carbons (Fsp3) is 0.417. The predicted molar refractivity (Wildman–Crippen MR) is 54.1 cm³/mol. The van der Waals surface area contributed by atoms with Gasteiger partial charge in [-0.05, 0) is 30.4 Å². The Hall–Kier alpha value is -0.780. The monoisotopic (exact) mass is 161 g/mol. The SMILES string of the molecule is [CH2]CCc1ccccc1CCC. The van der Waals surface area contributed by atoms with Gasteiger partial charge in [-0.1, -0.05) is 44.5 Å². The minimum absolute atomic E-state index is 1.00. The van der Waals surface area contributed by atoms with E-state index in [4.69, 9.17) is 0 Å². The fourth-order valence-electron chi connectivity index (χ4n) is 1.51. The molecule has 0 fully saturated rings. The second-order valence-corrected chi connectivity index (χ2v) is 3.12. The van der Waals surface area contributed by atoms with Crippen molar-refractivity contribution < 1.29 is 0 Å². The van der Waals surface area contributed by atoms with Gasteiger partial charge in [-0.2, -0.15) is 0 Å². The smallest absolute Gasteiger partial charge is 0.0276 e. The van der Waals surface area contributed by atoms with E-state index in [0.717, 1.165) is 12.8 Å². The number of hydrogen-bond acceptors (Lipinski definition) is 0. The number of benzene rings is 1. The third kappa shape index (κ3) is 2.37. The quantitative estimate of drug-likeness (QED) is 0.635. The van der Waals surface area contributed by atoms with Crippen LogP contribution in [0.25, 0.3) is 0 Å². The normalized spacial score (nSPS) is 10.2. The molecular formula is C12H17. The van der Waals surface area contributed by atoms with E-state index in [0.29, 0.717) is 0 Å². The van der Waals surface area contributed by atoms with Crippen molar-refractivity contribution in [3.05, 3.63) is 42.3 Å². The molecule has 0 N–H and O–H groups in total. The summed E-state index contributed by atoms with van der Waals surface area (Å²) in [5.74, 6) is 0. The van der Waals surface area contributed by atoms with Crippen LogP contribution in [0.3, 0.4) is 0 Å². The topological polar surface area (TPSA) is 0 Å². The van der Waals surface area contributed by atoms with Crippen LogP contribution in [0.4, 0.5) is 0 Å². The summed E-state index contributed by atoms with van der Waals surface area (Å²) in [6, 6.07) is 8.69. The van der Waals surface area contributed by atoms with Gasteiger partial charge in [0.15, 0.2) is 0 Å². The van der Waals surface area contributed by atoms with Crippen molar-refractivity contribution in [1.82, 2.24) is 0 Å². The standard InChI is InChI=1S/C12H17/c1-3-7-11-9-5-6-10-12(11)8-4-2/h5-6,9-10H,1,3-4,7-8H2,2H3. The van der Waals surface area contributed by atoms with Crippen molar-refractivity contribution >= 4 is 0 Å². The molecule has 0 saturated carbocycles. The minimum atomic E-state index is 1.00. The summed E-state index contributed by atoms with van der Waals surface area (Å²) in [6.45, 7) is 6.11. The van der Waals surface area contributed by atoms with E-state index in [1.54, 1.807) is 0 Å². The zero-order chi connectivity index (χ0) is 8.81. The molecular weight excluding hydrogens is 144 g/mol. The average Bonchev–Trinajstić information content (AvgIpc) is 2.09. The first-order valence-corrected chi connectivity index (χ1v) is 4.74. The van der Waals surface area contributed by atoms with Crippen molar-refractivity contribution in [1.29, 1.82) is 0 Å². The highest BCUT2D eigenvalue weighted by Crippen LogP contribution is 2.12. The molecule has 1 radical (unpaired) electrons. The predicted octanol–water partition coefficient (Wildman–Crippen LogP) is 3.41. The maximum atomic E-state index is 3.88. The Balaban J connectivity index is 2.77. The van der Waals surface area contributed by atoms with Crippen molar-refractivity contribution in [2.75, 3.05) is 0 Å². The molecule has 0 aromatic heterocycles. The van der Waals surface area contributed by atoms with Gasteiger partial charge in [0.2, 0.25) is 0 Å². The minimum Gasteiger partial charge on any atom is -0.0651 e. The summed E-state index contributed by atoms with van der Waals surface area (Å²) in [5, 5.41) is 0. The first kappa shape index (κ1) is 9.31. The van der Waals surface area contributed by atoms with E-state index >= 15 is 0 Å². The van der Waals surface area contributed by atoms with Crippen molar-refractivity contribution in [2.24, 2.45) is 0 Å². The lowest BCUT2D eigenvalue weighted by Crippen LogP contribution is -1.92. The number of rotatable bonds is 4. The Bertz CT molecular complexity index is 200. The summed E-state index contributed by atoms with van der Waals surface area (Å²) >= 11 is 0. The highest BCUT2D eigenvalue weighted by molar-refractivity contribution is 5.27. The lowest BCUT2D eigenvalue weighted by molar-refractivity contribution is 0.883. The molecule has 0 unspecified atom stereocenters. The zero-order valence-corrected chi connectivity index (χ0v) is 7.84. The van der Waals surface area contributed by atoms with Gasteiger partial charge in [-0.3, -0.25) is 0 Å². The molecule has 1 aromatic rings. The van der Waals surface area contributed by atoms with E-state index in [2.05, 4.69) is 38.1 Å². The lowest BCUT2D eigenvalue weighted by Gasteiger charge is -2.06. The second kappa shape index (κ2) is 4.97. The van der Waals surface area contributed by atoms with Gasteiger partial charge in [0.05, 0.1) is 0 Å². The van der Waals surface area contributed by atoms with Crippen molar-refractivity contribution in [3.8, 4) is 0 Å². The van der Waals surface area contributed by atoms with Crippen LogP contribution in [0.15, 0.2) is 24.3 Å². The van der Waals surface area contributed by atoms with Crippen molar-refractivity contribution in [3.63, 3.8) is 0 Å². The third-order valence-electron chi connectivity index (χ3n) is 2.08. The summed E-state index contributed by atoms with van der Waals surface area (Å²) in [4.78, 5) is 0. The van der Waals surface area contributed by atoms with Crippen LogP contribution in [0.5, 0.6) is 0 Å². The average molecular weight is 161 g/mol. The summed E-state index contributed by atoms with van der Waals surface area (Å²) in [5.41, 5.74) is 2.98. The van der Waals surface area contributed by atoms with Crippen LogP contribution in [0, 0.1) is 6.92 Å². The van der Waals surface area contributed by atoms with Crippen LogP contribution in [0.1, 0.15) is 30.9 Å². The Labute approximate surface area is 75.6 Å². The highest BCUT2D eigenvalue weighted by atomic mass is 14.0. The molecule has 1 aromatic carbocycles. The molecule has 0 nitrogen and oxygen atoms in total. The first-order chi connectivity index (χ1) is 5.88. The van der Waals surface area contributed by atoms with E-state index in [9.17, 15) is 0 Å². The Morgan fingerprint density at radius 3 is 2.17 bits per heavy atom. The van der Waals surface area contributed by atoms with Crippen LogP contribution in [0.2, 0.25) is 0 Å². The van der Waals surface area contributed by atoms with Gasteiger partial charge in [-0.15, -0.1) is 0 Å². The zero-order valence-electron chi connectivity index (χ0n) is 7.84. The molecule has 0 heterocycles. The van der Waals surface area contributed by atoms with Crippen LogP contribution in [-0.2, 0) is 12.8 Å². The van der Waals surface area contributed by atoms with E-state index in [1.807, 2.05) is 0 Å². The second-order valence-electron chi connectivity index (χ2n) is 3.12. The molecule has 65 valence electrons. The maximum Gasteiger partial charge on any atom is -0.0276 e. The molecule has 0 spiro atoms. The largest absolute Gasteiger partial charge is 0.0651 e. The molecule has 0 aliphatic heterocycles. The molecule has 0 aliphatic carbocycles. The Morgan fingerprint density at radius 2 is 1.67 bits per heavy atom. The maximum absolute atomic E-state index is 3.88. The summed E-state index contributed by atoms with van der Waals surface area (Å²) < 4.78 is 0. The molecule has 0 bridgehead atoms. The van der Waals surface area contributed by atoms with Crippen LogP contribution < -0.4 is 0 Å². The third-order valence-corrected chi connectivity index (χ3v) is 2.08. The van der Waals surface area contributed by atoms with Gasteiger partial charge in [-0.25, -0.2) is 0 Å². The van der Waals surface area contributed by atoms with Crippen molar-refractivity contribution in [2.45, 2.75) is 32.6 Å². The molecule has 0 amide bonds. The number of aryl methyl sites for hydroxylation is 2. The molecule has 0 heteroatoms. The van der Waals surface area contributed by atoms with E-state index in [1.165, 1.54) is 24.0 Å². The van der Waals surface area contributed by atoms with Gasteiger partial charge in [0.25, 0.3) is 0 Å². The van der Waals surface area contributed by atoms with Crippen LogP contribution in [-0.4, -0.2) is 0 Å². The summed E-state index contributed by atoms with van der Waals surface area (Å²) in [6.07, 6.45) is 4.56. The Morgan fingerprint density at radius 1 is 1.08 bits per heavy atom. The molecule has 12 heavy (non-hydrogen) atoms. The highest BCUT2D eigenvalue weighted by Gasteiger charge is 1.98. The number of hydrogen-bond donors (Lipinski definition) is 0. The molecule has 0 saturated heterocycles. The van der Waals surface area contributed by atoms with Gasteiger partial charge < -0.3 is 0 Å². The molecule has 1 rings (SSSR count). The summed E-state index contributed by atoms with van der Waals surface area (Å²) in [7, 11) is 0. The fourth-order valence-corrected chi connectivity index (χ4v) is 1.51. The first-order valence-electron chi connectivity index (χ1n) is 4.74. The molecule has 0 atom stereocenters. The van der Waals surface area contributed by atoms with Crippen LogP contribution >= 0.6 is 0 Å². The lowest BCUT2D eigenvalue weighted by atomic mass is 10.00. The van der Waals surface area contributed by atoms with Gasteiger partial charge >= 0.3 is 0 Å². The van der Waals surface area contributed by atoms with E-state index in [-0.39, 0.29) is 0 Å². The molecule has 0 aliphatic rings. The van der Waals surface area contributed by atoms with Gasteiger partial charge in [0, 0.05) is 0 Å². The van der Waals surface area contributed by atoms with Gasteiger partial charge in [0.1, 0.15) is 0 Å².